The molecule has 1 heterocycles. The number of carbonyl (C=O) groups excluding carboxylic acids is 3. The molecule has 0 aliphatic carbocycles. The van der Waals surface area contributed by atoms with Crippen LogP contribution in [-0.2, 0) is 9.59 Å². The highest BCUT2D eigenvalue weighted by Gasteiger charge is 2.29. The van der Waals surface area contributed by atoms with Crippen LogP contribution in [0.15, 0.2) is 0 Å². The normalized spacial score (nSPS) is 18.8. The van der Waals surface area contributed by atoms with Crippen molar-refractivity contribution in [1.82, 2.24) is 15.5 Å². The number of hydrogen-bond acceptors (Lipinski definition) is 4. The van der Waals surface area contributed by atoms with Crippen LogP contribution in [0.2, 0.25) is 0 Å². The molecule has 4 N–H and O–H groups in total. The average Bonchev–Trinajstić information content (AvgIpc) is 2.31. The first-order valence-corrected chi connectivity index (χ1v) is 6.85. The lowest BCUT2D eigenvalue weighted by molar-refractivity contribution is -0.126. The maximum atomic E-state index is 12.0. The minimum Gasteiger partial charge on any atom is -0.348 e. The van der Waals surface area contributed by atoms with Gasteiger partial charge in [-0.1, -0.05) is 13.8 Å². The minimum atomic E-state index is -0.519. The first-order chi connectivity index (χ1) is 9.25. The van der Waals surface area contributed by atoms with E-state index in [1.165, 1.54) is 4.90 Å². The Hall–Kier alpha value is -1.63. The van der Waals surface area contributed by atoms with E-state index in [2.05, 4.69) is 24.5 Å². The zero-order valence-corrected chi connectivity index (χ0v) is 12.4. The standard InChI is InChI=1S/C13H24N4O3/c1-9(2)6-13(3,8-14)16-11(19)7-17-5-4-10(18)15-12(17)20/h9H,4-8,14H2,1-3H3,(H,16,19)(H,15,18,20). The lowest BCUT2D eigenvalue weighted by Gasteiger charge is -2.33. The van der Waals surface area contributed by atoms with Crippen LogP contribution in [0.3, 0.4) is 0 Å². The zero-order valence-electron chi connectivity index (χ0n) is 12.4. The lowest BCUT2D eigenvalue weighted by atomic mass is 9.90. The summed E-state index contributed by atoms with van der Waals surface area (Å²) in [6.07, 6.45) is 0.985. The molecular weight excluding hydrogens is 260 g/mol. The molecular formula is C13H24N4O3. The fourth-order valence-electron chi connectivity index (χ4n) is 2.39. The van der Waals surface area contributed by atoms with E-state index in [4.69, 9.17) is 5.73 Å². The third-order valence-corrected chi connectivity index (χ3v) is 3.23. The third-order valence-electron chi connectivity index (χ3n) is 3.23. The Morgan fingerprint density at radius 2 is 2.15 bits per heavy atom. The van der Waals surface area contributed by atoms with E-state index >= 15 is 0 Å². The monoisotopic (exact) mass is 284 g/mol. The van der Waals surface area contributed by atoms with E-state index in [9.17, 15) is 14.4 Å². The molecule has 1 fully saturated rings. The van der Waals surface area contributed by atoms with Gasteiger partial charge < -0.3 is 16.0 Å². The van der Waals surface area contributed by atoms with Gasteiger partial charge in [0.15, 0.2) is 0 Å². The summed E-state index contributed by atoms with van der Waals surface area (Å²) in [6, 6.07) is -0.519. The molecule has 0 aromatic rings. The van der Waals surface area contributed by atoms with Crippen molar-refractivity contribution in [1.29, 1.82) is 0 Å². The molecule has 1 rings (SSSR count). The first-order valence-electron chi connectivity index (χ1n) is 6.85. The molecule has 1 unspecified atom stereocenters. The largest absolute Gasteiger partial charge is 0.348 e. The van der Waals surface area contributed by atoms with E-state index < -0.39 is 11.6 Å². The Morgan fingerprint density at radius 1 is 1.50 bits per heavy atom. The lowest BCUT2D eigenvalue weighted by Crippen LogP contribution is -2.57. The number of rotatable bonds is 6. The minimum absolute atomic E-state index is 0.0627. The van der Waals surface area contributed by atoms with Gasteiger partial charge in [-0.2, -0.15) is 0 Å². The average molecular weight is 284 g/mol. The highest BCUT2D eigenvalue weighted by Crippen LogP contribution is 2.15. The predicted octanol–water partition coefficient (Wildman–Crippen LogP) is -0.192. The zero-order chi connectivity index (χ0) is 15.3. The van der Waals surface area contributed by atoms with Crippen molar-refractivity contribution in [2.24, 2.45) is 11.7 Å². The molecule has 1 saturated heterocycles. The molecule has 0 radical (unpaired) electrons. The molecule has 0 spiro atoms. The van der Waals surface area contributed by atoms with Gasteiger partial charge in [0.2, 0.25) is 11.8 Å². The van der Waals surface area contributed by atoms with Crippen LogP contribution >= 0.6 is 0 Å². The van der Waals surface area contributed by atoms with E-state index in [0.29, 0.717) is 12.5 Å². The van der Waals surface area contributed by atoms with Crippen molar-refractivity contribution >= 4 is 17.8 Å². The van der Waals surface area contributed by atoms with Crippen molar-refractivity contribution in [3.8, 4) is 0 Å². The van der Waals surface area contributed by atoms with Gasteiger partial charge in [-0.25, -0.2) is 4.79 Å². The van der Waals surface area contributed by atoms with Crippen molar-refractivity contribution in [3.63, 3.8) is 0 Å². The molecule has 0 aromatic heterocycles. The van der Waals surface area contributed by atoms with Gasteiger partial charge in [-0.05, 0) is 19.3 Å². The second-order valence-electron chi connectivity index (χ2n) is 5.94. The maximum absolute atomic E-state index is 12.0. The van der Waals surface area contributed by atoms with Gasteiger partial charge in [-0.15, -0.1) is 0 Å². The summed E-state index contributed by atoms with van der Waals surface area (Å²) in [5.74, 6) is -0.166. The molecule has 4 amide bonds. The molecule has 1 atom stereocenters. The van der Waals surface area contributed by atoms with Crippen molar-refractivity contribution in [2.45, 2.75) is 39.2 Å². The van der Waals surface area contributed by atoms with Crippen LogP contribution in [0, 0.1) is 5.92 Å². The predicted molar refractivity (Wildman–Crippen MR) is 74.8 cm³/mol. The highest BCUT2D eigenvalue weighted by atomic mass is 16.2. The van der Waals surface area contributed by atoms with Gasteiger partial charge in [-0.3, -0.25) is 14.9 Å². The van der Waals surface area contributed by atoms with Gasteiger partial charge in [0.25, 0.3) is 0 Å². The maximum Gasteiger partial charge on any atom is 0.324 e. The Bertz CT molecular complexity index is 397. The molecule has 20 heavy (non-hydrogen) atoms. The summed E-state index contributed by atoms with van der Waals surface area (Å²) in [4.78, 5) is 35.9. The molecule has 114 valence electrons. The summed E-state index contributed by atoms with van der Waals surface area (Å²) >= 11 is 0. The topological polar surface area (TPSA) is 105 Å². The molecule has 0 saturated carbocycles. The summed E-state index contributed by atoms with van der Waals surface area (Å²) in [6.45, 7) is 6.55. The molecule has 7 heteroatoms. The number of nitrogens with two attached hydrogens (primary N) is 1. The van der Waals surface area contributed by atoms with E-state index in [1.54, 1.807) is 0 Å². The number of nitrogens with one attached hydrogen (secondary N) is 2. The Labute approximate surface area is 119 Å². The van der Waals surface area contributed by atoms with Gasteiger partial charge in [0.05, 0.1) is 0 Å². The third kappa shape index (κ3) is 4.80. The SMILES string of the molecule is CC(C)CC(C)(CN)NC(=O)CN1CCC(=O)NC1=O. The van der Waals surface area contributed by atoms with E-state index in [1.807, 2.05) is 6.92 Å². The second kappa shape index (κ2) is 6.69. The van der Waals surface area contributed by atoms with E-state index in [-0.39, 0.29) is 31.3 Å². The fraction of sp³-hybridized carbons (Fsp3) is 0.769. The first kappa shape index (κ1) is 16.4. The Kier molecular flexibility index (Phi) is 5.50. The molecule has 1 aliphatic rings. The number of carbonyl (C=O) groups is 3. The fourth-order valence-corrected chi connectivity index (χ4v) is 2.39. The molecule has 0 aromatic carbocycles. The van der Waals surface area contributed by atoms with Crippen molar-refractivity contribution < 1.29 is 14.4 Å². The highest BCUT2D eigenvalue weighted by molar-refractivity contribution is 5.98. The summed E-state index contributed by atoms with van der Waals surface area (Å²) in [7, 11) is 0. The van der Waals surface area contributed by atoms with Crippen LogP contribution in [0.5, 0.6) is 0 Å². The van der Waals surface area contributed by atoms with E-state index in [0.717, 1.165) is 6.42 Å². The number of amides is 4. The number of urea groups is 1. The van der Waals surface area contributed by atoms with Crippen LogP contribution in [0.1, 0.15) is 33.6 Å². The smallest absolute Gasteiger partial charge is 0.324 e. The van der Waals surface area contributed by atoms with Crippen molar-refractivity contribution in [3.05, 3.63) is 0 Å². The second-order valence-corrected chi connectivity index (χ2v) is 5.94. The van der Waals surface area contributed by atoms with Gasteiger partial charge >= 0.3 is 6.03 Å². The quantitative estimate of drug-likeness (QED) is 0.628. The number of imide groups is 1. The molecule has 1 aliphatic heterocycles. The van der Waals surface area contributed by atoms with Gasteiger partial charge in [0, 0.05) is 25.0 Å². The van der Waals surface area contributed by atoms with Gasteiger partial charge in [0.1, 0.15) is 6.54 Å². The number of hydrogen-bond donors (Lipinski definition) is 3. The molecule has 7 nitrogen and oxygen atoms in total. The van der Waals surface area contributed by atoms with Crippen LogP contribution in [0.4, 0.5) is 4.79 Å². The van der Waals surface area contributed by atoms with Crippen LogP contribution in [0.25, 0.3) is 0 Å². The summed E-state index contributed by atoms with van der Waals surface area (Å²) < 4.78 is 0. The Morgan fingerprint density at radius 3 is 2.65 bits per heavy atom. The summed E-state index contributed by atoms with van der Waals surface area (Å²) in [5, 5.41) is 5.07. The number of nitrogens with zero attached hydrogens (tertiary/aromatic N) is 1. The molecule has 0 bridgehead atoms. The van der Waals surface area contributed by atoms with Crippen molar-refractivity contribution in [2.75, 3.05) is 19.6 Å². The summed E-state index contributed by atoms with van der Waals surface area (Å²) in [5.41, 5.74) is 5.25. The Balaban J connectivity index is 2.54. The van der Waals surface area contributed by atoms with Crippen LogP contribution in [-0.4, -0.2) is 47.9 Å². The van der Waals surface area contributed by atoms with Crippen LogP contribution < -0.4 is 16.4 Å².